The van der Waals surface area contributed by atoms with Crippen molar-refractivity contribution in [2.75, 3.05) is 16.4 Å². The molecule has 0 aromatic heterocycles. The molecular formula is C11H11I2NO3. The van der Waals surface area contributed by atoms with Gasteiger partial charge in [0.15, 0.2) is 0 Å². The van der Waals surface area contributed by atoms with E-state index < -0.39 is 5.97 Å². The molecule has 1 rings (SSSR count). The number of para-hydroxylation sites is 1. The third-order valence-corrected chi connectivity index (χ3v) is 3.49. The van der Waals surface area contributed by atoms with Crippen LogP contribution in [0.4, 0.5) is 5.69 Å². The maximum Gasteiger partial charge on any atom is 0.340 e. The number of carbonyl (C=O) groups is 2. The predicted octanol–water partition coefficient (Wildman–Crippen LogP) is 2.84. The van der Waals surface area contributed by atoms with Gasteiger partial charge in [-0.25, -0.2) is 4.79 Å². The van der Waals surface area contributed by atoms with E-state index in [1.165, 1.54) is 0 Å². The first kappa shape index (κ1) is 14.7. The van der Waals surface area contributed by atoms with Gasteiger partial charge in [0.05, 0.1) is 22.3 Å². The zero-order valence-electron chi connectivity index (χ0n) is 9.13. The van der Waals surface area contributed by atoms with Crippen LogP contribution >= 0.6 is 45.2 Å². The molecule has 4 nitrogen and oxygen atoms in total. The molecule has 1 aromatic carbocycles. The SMILES string of the molecule is CCOC(=O)c1cccc(I)c1NC(=O)CI. The second-order valence-electron chi connectivity index (χ2n) is 3.06. The summed E-state index contributed by atoms with van der Waals surface area (Å²) in [6.07, 6.45) is 0. The van der Waals surface area contributed by atoms with Crippen molar-refractivity contribution in [2.45, 2.75) is 6.92 Å². The van der Waals surface area contributed by atoms with Gasteiger partial charge in [-0.1, -0.05) is 28.7 Å². The van der Waals surface area contributed by atoms with Gasteiger partial charge in [-0.3, -0.25) is 4.79 Å². The Morgan fingerprint density at radius 3 is 2.71 bits per heavy atom. The zero-order valence-corrected chi connectivity index (χ0v) is 13.4. The fourth-order valence-electron chi connectivity index (χ4n) is 1.20. The summed E-state index contributed by atoms with van der Waals surface area (Å²) in [5, 5.41) is 2.71. The molecule has 92 valence electrons. The van der Waals surface area contributed by atoms with Crippen molar-refractivity contribution >= 4 is 62.7 Å². The number of ether oxygens (including phenoxy) is 1. The van der Waals surface area contributed by atoms with Gasteiger partial charge >= 0.3 is 5.97 Å². The molecule has 1 amide bonds. The van der Waals surface area contributed by atoms with E-state index in [1.807, 2.05) is 28.7 Å². The second kappa shape index (κ2) is 7.14. The first-order valence-corrected chi connectivity index (χ1v) is 7.52. The van der Waals surface area contributed by atoms with Crippen LogP contribution in [0.1, 0.15) is 17.3 Å². The molecule has 0 atom stereocenters. The monoisotopic (exact) mass is 459 g/mol. The van der Waals surface area contributed by atoms with E-state index in [9.17, 15) is 9.59 Å². The number of carbonyl (C=O) groups excluding carboxylic acids is 2. The van der Waals surface area contributed by atoms with Crippen LogP contribution in [0.5, 0.6) is 0 Å². The lowest BCUT2D eigenvalue weighted by Gasteiger charge is -2.11. The highest BCUT2D eigenvalue weighted by Gasteiger charge is 2.16. The lowest BCUT2D eigenvalue weighted by atomic mass is 10.2. The van der Waals surface area contributed by atoms with E-state index in [2.05, 4.69) is 27.9 Å². The second-order valence-corrected chi connectivity index (χ2v) is 4.99. The third kappa shape index (κ3) is 4.09. The normalized spacial score (nSPS) is 9.82. The molecule has 1 N–H and O–H groups in total. The molecule has 1 aromatic rings. The number of rotatable bonds is 4. The van der Waals surface area contributed by atoms with Gasteiger partial charge in [-0.2, -0.15) is 0 Å². The molecule has 0 aliphatic rings. The smallest absolute Gasteiger partial charge is 0.340 e. The summed E-state index contributed by atoms with van der Waals surface area (Å²) in [5.41, 5.74) is 0.908. The Bertz CT molecular complexity index is 435. The molecule has 0 heterocycles. The van der Waals surface area contributed by atoms with Crippen LogP contribution in [-0.2, 0) is 9.53 Å². The highest BCUT2D eigenvalue weighted by molar-refractivity contribution is 14.1. The van der Waals surface area contributed by atoms with Crippen LogP contribution in [0, 0.1) is 3.57 Å². The third-order valence-electron chi connectivity index (χ3n) is 1.89. The first-order chi connectivity index (χ1) is 8.10. The molecule has 6 heteroatoms. The molecule has 0 unspecified atom stereocenters. The van der Waals surface area contributed by atoms with Gasteiger partial charge in [-0.15, -0.1) is 0 Å². The maximum absolute atomic E-state index is 11.7. The number of anilines is 1. The number of amides is 1. The lowest BCUT2D eigenvalue weighted by molar-refractivity contribution is -0.113. The van der Waals surface area contributed by atoms with Crippen molar-refractivity contribution in [3.63, 3.8) is 0 Å². The highest BCUT2D eigenvalue weighted by Crippen LogP contribution is 2.23. The van der Waals surface area contributed by atoms with Crippen LogP contribution in [0.15, 0.2) is 18.2 Å². The van der Waals surface area contributed by atoms with E-state index in [4.69, 9.17) is 4.74 Å². The molecule has 0 bridgehead atoms. The average Bonchev–Trinajstić information content (AvgIpc) is 2.31. The number of nitrogens with one attached hydrogen (secondary N) is 1. The summed E-state index contributed by atoms with van der Waals surface area (Å²) in [6.45, 7) is 2.05. The number of benzene rings is 1. The summed E-state index contributed by atoms with van der Waals surface area (Å²) < 4.78 is 6.09. The standard InChI is InChI=1S/C11H11I2NO3/c1-2-17-11(16)7-4-3-5-8(13)10(7)14-9(15)6-12/h3-5H,2,6H2,1H3,(H,14,15). The van der Waals surface area contributed by atoms with Crippen LogP contribution < -0.4 is 5.32 Å². The van der Waals surface area contributed by atoms with Gasteiger partial charge in [0.1, 0.15) is 0 Å². The Kier molecular flexibility index (Phi) is 6.17. The van der Waals surface area contributed by atoms with Gasteiger partial charge in [0, 0.05) is 3.57 Å². The van der Waals surface area contributed by atoms with Crippen molar-refractivity contribution in [1.82, 2.24) is 0 Å². The van der Waals surface area contributed by atoms with Crippen LogP contribution in [0.3, 0.4) is 0 Å². The summed E-state index contributed by atoms with van der Waals surface area (Å²) in [7, 11) is 0. The molecule has 0 aliphatic carbocycles. The fraction of sp³-hybridized carbons (Fsp3) is 0.273. The summed E-state index contributed by atoms with van der Waals surface area (Å²) in [5.74, 6) is -0.560. The quantitative estimate of drug-likeness (QED) is 0.429. The Labute approximate surface area is 127 Å². The molecule has 17 heavy (non-hydrogen) atoms. The van der Waals surface area contributed by atoms with Crippen molar-refractivity contribution in [3.8, 4) is 0 Å². The topological polar surface area (TPSA) is 55.4 Å². The Balaban J connectivity index is 3.08. The van der Waals surface area contributed by atoms with Gasteiger partial charge in [-0.05, 0) is 41.6 Å². The van der Waals surface area contributed by atoms with Gasteiger partial charge in [0.25, 0.3) is 0 Å². The van der Waals surface area contributed by atoms with E-state index in [0.29, 0.717) is 22.3 Å². The van der Waals surface area contributed by atoms with Crippen LogP contribution in [0.2, 0.25) is 0 Å². The Hall–Kier alpha value is -0.380. The molecule has 0 spiro atoms. The van der Waals surface area contributed by atoms with Gasteiger partial charge < -0.3 is 10.1 Å². The number of hydrogen-bond donors (Lipinski definition) is 1. The van der Waals surface area contributed by atoms with Crippen LogP contribution in [0.25, 0.3) is 0 Å². The fourth-order valence-corrected chi connectivity index (χ4v) is 2.03. The molecule has 0 aliphatic heterocycles. The van der Waals surface area contributed by atoms with E-state index in [1.54, 1.807) is 19.1 Å². The van der Waals surface area contributed by atoms with Crippen molar-refractivity contribution < 1.29 is 14.3 Å². The molecule has 0 saturated heterocycles. The lowest BCUT2D eigenvalue weighted by Crippen LogP contribution is -2.17. The van der Waals surface area contributed by atoms with Crippen molar-refractivity contribution in [1.29, 1.82) is 0 Å². The van der Waals surface area contributed by atoms with Gasteiger partial charge in [0.2, 0.25) is 5.91 Å². The van der Waals surface area contributed by atoms with Crippen molar-refractivity contribution in [3.05, 3.63) is 27.3 Å². The Morgan fingerprint density at radius 2 is 2.12 bits per heavy atom. The molecular weight excluding hydrogens is 448 g/mol. The van der Waals surface area contributed by atoms with E-state index in [0.717, 1.165) is 3.57 Å². The van der Waals surface area contributed by atoms with E-state index >= 15 is 0 Å². The minimum Gasteiger partial charge on any atom is -0.462 e. The summed E-state index contributed by atoms with van der Waals surface area (Å²) >= 11 is 4.04. The number of esters is 1. The van der Waals surface area contributed by atoms with Crippen molar-refractivity contribution in [2.24, 2.45) is 0 Å². The van der Waals surface area contributed by atoms with Crippen LogP contribution in [-0.4, -0.2) is 22.9 Å². The minimum atomic E-state index is -0.422. The number of halogens is 2. The Morgan fingerprint density at radius 1 is 1.41 bits per heavy atom. The predicted molar refractivity (Wildman–Crippen MR) is 82.6 cm³/mol. The molecule has 0 radical (unpaired) electrons. The number of hydrogen-bond acceptors (Lipinski definition) is 3. The molecule has 0 saturated carbocycles. The zero-order chi connectivity index (χ0) is 12.8. The van der Waals surface area contributed by atoms with E-state index in [-0.39, 0.29) is 5.91 Å². The average molecular weight is 459 g/mol. The highest BCUT2D eigenvalue weighted by atomic mass is 127. The summed E-state index contributed by atoms with van der Waals surface area (Å²) in [4.78, 5) is 23.1. The minimum absolute atomic E-state index is 0.139. The number of alkyl halides is 1. The molecule has 0 fully saturated rings. The summed E-state index contributed by atoms with van der Waals surface area (Å²) in [6, 6.07) is 5.22. The first-order valence-electron chi connectivity index (χ1n) is 4.91. The largest absolute Gasteiger partial charge is 0.462 e. The maximum atomic E-state index is 11.7.